The zero-order valence-electron chi connectivity index (χ0n) is 26.3. The van der Waals surface area contributed by atoms with Gasteiger partial charge in [0, 0.05) is 0 Å². The van der Waals surface area contributed by atoms with Gasteiger partial charge in [-0.05, 0) is 0 Å². The average molecular weight is 621 g/mol. The normalized spacial score (nSPS) is 11.0. The van der Waals surface area contributed by atoms with Gasteiger partial charge in [0.1, 0.15) is 0 Å². The van der Waals surface area contributed by atoms with Crippen molar-refractivity contribution in [3.63, 3.8) is 0 Å². The van der Waals surface area contributed by atoms with E-state index in [-0.39, 0.29) is 17.2 Å². The molecule has 0 spiro atoms. The molecule has 0 saturated heterocycles. The van der Waals surface area contributed by atoms with E-state index in [1.54, 1.807) is 36.4 Å². The van der Waals surface area contributed by atoms with E-state index < -0.39 is 16.1 Å². The second-order valence-corrected chi connectivity index (χ2v) is 22.1. The fourth-order valence-corrected chi connectivity index (χ4v) is 3.95. The molecular weight excluding hydrogens is 572 g/mol. The Hall–Kier alpha value is -2.83. The number of rotatable bonds is 4. The molecule has 218 valence electrons. The van der Waals surface area contributed by atoms with Crippen molar-refractivity contribution in [2.45, 2.75) is 60.1 Å². The summed E-state index contributed by atoms with van der Waals surface area (Å²) in [4.78, 5) is 0. The minimum atomic E-state index is -0.970. The van der Waals surface area contributed by atoms with E-state index in [1.165, 1.54) is 47.5 Å². The molecule has 3 aromatic carbocycles. The van der Waals surface area contributed by atoms with E-state index in [1.807, 2.05) is 18.2 Å². The minimum Gasteiger partial charge on any atom is -0.872 e. The van der Waals surface area contributed by atoms with Crippen LogP contribution in [0, 0.1) is 0 Å². The maximum atomic E-state index is 10.3. The van der Waals surface area contributed by atoms with Crippen molar-refractivity contribution in [3.05, 3.63) is 136 Å². The van der Waals surface area contributed by atoms with Crippen LogP contribution in [0.1, 0.15) is 20.8 Å². The van der Waals surface area contributed by atoms with Gasteiger partial charge >= 0.3 is 62.8 Å². The van der Waals surface area contributed by atoms with E-state index in [9.17, 15) is 15.3 Å². The van der Waals surface area contributed by atoms with E-state index in [0.29, 0.717) is 0 Å². The summed E-state index contributed by atoms with van der Waals surface area (Å²) in [5.74, 6) is 0.215. The van der Waals surface area contributed by atoms with E-state index in [4.69, 9.17) is 0 Å². The number of benzene rings is 3. The Labute approximate surface area is 264 Å². The molecule has 0 aliphatic carbocycles. The maximum absolute atomic E-state index is 10.3. The third kappa shape index (κ3) is 35.1. The van der Waals surface area contributed by atoms with Crippen LogP contribution in [-0.4, -0.2) is 16.1 Å². The Morgan fingerprint density at radius 1 is 0.537 bits per heavy atom. The first-order valence-electron chi connectivity index (χ1n) is 13.6. The van der Waals surface area contributed by atoms with Gasteiger partial charge in [-0.1, -0.05) is 154 Å². The summed E-state index contributed by atoms with van der Waals surface area (Å²) in [6.07, 6.45) is 6.62. The van der Waals surface area contributed by atoms with E-state index in [2.05, 4.69) is 114 Å². The van der Waals surface area contributed by atoms with Crippen molar-refractivity contribution in [2.24, 2.45) is 0 Å². The summed E-state index contributed by atoms with van der Waals surface area (Å²) in [6, 6.07) is 25.0. The smallest absolute Gasteiger partial charge is 0.0686 e. The summed E-state index contributed by atoms with van der Waals surface area (Å²) in [6.45, 7) is 20.4. The van der Waals surface area contributed by atoms with Gasteiger partial charge in [-0.25, -0.2) is 0 Å². The Bertz CT molecular complexity index is 1030. The van der Waals surface area contributed by atoms with Gasteiger partial charge in [0.05, 0.1) is 16.1 Å². The van der Waals surface area contributed by atoms with E-state index >= 15 is 0 Å². The summed E-state index contributed by atoms with van der Waals surface area (Å²) in [7, 11) is -1.94. The molecule has 41 heavy (non-hydrogen) atoms. The van der Waals surface area contributed by atoms with Crippen LogP contribution in [0.5, 0.6) is 17.2 Å². The zero-order valence-corrected chi connectivity index (χ0v) is 29.9. The summed E-state index contributed by atoms with van der Waals surface area (Å²) in [5, 5.41) is 30.8. The van der Waals surface area contributed by atoms with Crippen LogP contribution in [-0.2, 0) is 20.4 Å². The molecule has 0 atom stereocenters. The molecule has 3 rings (SSSR count). The van der Waals surface area contributed by atoms with Gasteiger partial charge in [-0.3, -0.25) is 0 Å². The maximum Gasteiger partial charge on any atom is 0.0686 e. The predicted octanol–water partition coefficient (Wildman–Crippen LogP) is 8.54. The van der Waals surface area contributed by atoms with E-state index in [0.717, 1.165) is 0 Å². The molecule has 0 aliphatic heterocycles. The molecule has 0 N–H and O–H groups in total. The van der Waals surface area contributed by atoms with Gasteiger partial charge < -0.3 is 15.3 Å². The summed E-state index contributed by atoms with van der Waals surface area (Å²) in [5.41, 5.74) is 7.46. The Balaban J connectivity index is 0. The number of hydrogen-bond acceptors (Lipinski definition) is 3. The van der Waals surface area contributed by atoms with Crippen LogP contribution in [0.25, 0.3) is 0 Å². The fraction of sp³-hybridized carbons (Fsp3) is 0.257. The van der Waals surface area contributed by atoms with Crippen LogP contribution in [0.3, 0.4) is 0 Å². The second kappa shape index (κ2) is 23.8. The van der Waals surface area contributed by atoms with Crippen LogP contribution in [0.15, 0.2) is 136 Å². The largest absolute Gasteiger partial charge is 0.872 e. The number of para-hydroxylation sites is 3. The standard InChI is InChI=1S/C10H22Si2.C7H11.3C6H6O.Ti/c1-11(2,3)9-7-8-10-12(4,5)6;1-6(2)5-7(3)4;3*7-6-4-2-1-3-5-6;/h7-10H,1-6H3;1,5H,2-4H3;3*1-5,7H;/q;;;;;+3/p-3. The first kappa shape index (κ1) is 40.3. The molecule has 3 nitrogen and oxygen atoms in total. The second-order valence-electron chi connectivity index (χ2n) is 11.5. The van der Waals surface area contributed by atoms with Crippen molar-refractivity contribution in [1.29, 1.82) is 0 Å². The van der Waals surface area contributed by atoms with Crippen LogP contribution in [0.4, 0.5) is 0 Å². The topological polar surface area (TPSA) is 69.2 Å². The summed E-state index contributed by atoms with van der Waals surface area (Å²) < 4.78 is 2.10. The summed E-state index contributed by atoms with van der Waals surface area (Å²) >= 11 is 2.05. The van der Waals surface area contributed by atoms with Gasteiger partial charge in [-0.15, -0.1) is 17.2 Å². The molecule has 0 aromatic heterocycles. The molecule has 0 aliphatic rings. The molecule has 0 unspecified atom stereocenters. The number of allylic oxidation sites excluding steroid dienone is 5. The fourth-order valence-electron chi connectivity index (χ4n) is 2.45. The van der Waals surface area contributed by atoms with Gasteiger partial charge in [0.2, 0.25) is 0 Å². The molecule has 0 amide bonds. The average Bonchev–Trinajstić information content (AvgIpc) is 2.88. The van der Waals surface area contributed by atoms with Crippen molar-refractivity contribution in [2.75, 3.05) is 0 Å². The SMILES string of the molecule is CC(C)=CC(C)=[CH][Ti+3].C[Si](C)(C)C=CC=C[Si](C)(C)C.[O-]c1ccccc1.[O-]c1ccccc1.[O-]c1ccccc1. The van der Waals surface area contributed by atoms with Crippen molar-refractivity contribution >= 4 is 16.1 Å². The molecule has 0 fully saturated rings. The Morgan fingerprint density at radius 2 is 0.805 bits per heavy atom. The monoisotopic (exact) mass is 620 g/mol. The first-order chi connectivity index (χ1) is 19.1. The van der Waals surface area contributed by atoms with Crippen molar-refractivity contribution in [1.82, 2.24) is 0 Å². The molecule has 0 heterocycles. The van der Waals surface area contributed by atoms with Crippen LogP contribution >= 0.6 is 0 Å². The quantitative estimate of drug-likeness (QED) is 0.217. The molecule has 3 aromatic rings. The van der Waals surface area contributed by atoms with Crippen LogP contribution < -0.4 is 15.3 Å². The minimum absolute atomic E-state index is 0.0718. The molecule has 0 saturated carbocycles. The third-order valence-corrected chi connectivity index (χ3v) is 7.37. The molecule has 0 radical (unpaired) electrons. The third-order valence-electron chi connectivity index (χ3n) is 4.28. The molecular formula is C35H48O3Si2Ti. The molecule has 6 heteroatoms. The zero-order chi connectivity index (χ0) is 31.7. The van der Waals surface area contributed by atoms with Crippen LogP contribution in [0.2, 0.25) is 39.3 Å². The number of hydrogen-bond donors (Lipinski definition) is 0. The predicted molar refractivity (Wildman–Crippen MR) is 176 cm³/mol. The molecule has 0 bridgehead atoms. The van der Waals surface area contributed by atoms with Crippen molar-refractivity contribution in [3.8, 4) is 17.2 Å². The van der Waals surface area contributed by atoms with Gasteiger partial charge in [-0.2, -0.15) is 0 Å². The Morgan fingerprint density at radius 3 is 0.927 bits per heavy atom. The Kier molecular flexibility index (Phi) is 23.4. The van der Waals surface area contributed by atoms with Gasteiger partial charge in [0.25, 0.3) is 0 Å². The van der Waals surface area contributed by atoms with Gasteiger partial charge in [0.15, 0.2) is 0 Å². The first-order valence-corrected chi connectivity index (χ1v) is 21.6. The van der Waals surface area contributed by atoms with Crippen molar-refractivity contribution < 1.29 is 35.8 Å².